The van der Waals surface area contributed by atoms with Crippen molar-refractivity contribution in [2.75, 3.05) is 31.7 Å². The lowest BCUT2D eigenvalue weighted by Crippen LogP contribution is -2.49. The number of anilines is 1. The average Bonchev–Trinajstić information content (AvgIpc) is 3.37. The number of hydrogen-bond acceptors (Lipinski definition) is 6. The van der Waals surface area contributed by atoms with Gasteiger partial charge in [0.05, 0.1) is 41.9 Å². The van der Waals surface area contributed by atoms with E-state index in [0.717, 1.165) is 25.7 Å². The molecule has 0 spiro atoms. The third-order valence-electron chi connectivity index (χ3n) is 7.27. The molecule has 0 radical (unpaired) electrons. The fraction of sp³-hybridized carbons (Fsp3) is 0.552. The Kier molecular flexibility index (Phi) is 10.2. The van der Waals surface area contributed by atoms with Gasteiger partial charge in [0.25, 0.3) is 10.0 Å². The van der Waals surface area contributed by atoms with Crippen LogP contribution in [0, 0.1) is 11.3 Å². The maximum Gasteiger partial charge on any atom is 0.264 e. The monoisotopic (exact) mass is 546 g/mol. The molecule has 8 nitrogen and oxygen atoms in total. The number of sulfonamides is 1. The van der Waals surface area contributed by atoms with E-state index in [4.69, 9.17) is 9.47 Å². The number of aliphatic hydroxyl groups excluding tert-OH is 1. The smallest absolute Gasteiger partial charge is 0.264 e. The van der Waals surface area contributed by atoms with Crippen LogP contribution in [0.4, 0.5) is 5.69 Å². The van der Waals surface area contributed by atoms with Crippen molar-refractivity contribution in [2.45, 2.75) is 69.9 Å². The number of benzene rings is 2. The summed E-state index contributed by atoms with van der Waals surface area (Å²) in [5.74, 6) is 0.534. The van der Waals surface area contributed by atoms with Crippen LogP contribution in [-0.4, -0.2) is 58.9 Å². The van der Waals surface area contributed by atoms with E-state index in [1.54, 1.807) is 38.3 Å². The molecule has 2 aromatic carbocycles. The highest BCUT2D eigenvalue weighted by molar-refractivity contribution is 7.92. The summed E-state index contributed by atoms with van der Waals surface area (Å²) in [6.45, 7) is 6.33. The zero-order valence-corrected chi connectivity index (χ0v) is 24.0. The maximum absolute atomic E-state index is 13.8. The van der Waals surface area contributed by atoms with Gasteiger partial charge in [0.1, 0.15) is 5.75 Å². The lowest BCUT2D eigenvalue weighted by atomic mass is 9.85. The minimum atomic E-state index is -3.88. The van der Waals surface area contributed by atoms with Crippen LogP contribution in [0.5, 0.6) is 5.75 Å². The van der Waals surface area contributed by atoms with Crippen molar-refractivity contribution in [3.8, 4) is 5.75 Å². The first-order valence-corrected chi connectivity index (χ1v) is 14.7. The molecule has 1 saturated carbocycles. The molecule has 9 heteroatoms. The summed E-state index contributed by atoms with van der Waals surface area (Å²) in [6.07, 6.45) is 2.77. The van der Waals surface area contributed by atoms with Crippen molar-refractivity contribution in [1.29, 1.82) is 0 Å². The number of nitrogens with one attached hydrogen (secondary N) is 1. The summed E-state index contributed by atoms with van der Waals surface area (Å²) in [6, 6.07) is 13.0. The molecule has 1 amide bonds. The number of para-hydroxylation sites is 1. The number of amides is 1. The summed E-state index contributed by atoms with van der Waals surface area (Å²) in [5.41, 5.74) is 0.647. The van der Waals surface area contributed by atoms with Crippen molar-refractivity contribution < 1.29 is 27.8 Å². The molecule has 2 atom stereocenters. The normalized spacial score (nSPS) is 16.7. The molecule has 0 saturated heterocycles. The second kappa shape index (κ2) is 13.0. The molecule has 210 valence electrons. The Hall–Kier alpha value is -2.62. The van der Waals surface area contributed by atoms with Gasteiger partial charge in [-0.05, 0) is 61.6 Å². The van der Waals surface area contributed by atoms with Gasteiger partial charge in [-0.15, -0.1) is 0 Å². The summed E-state index contributed by atoms with van der Waals surface area (Å²) in [7, 11) is -0.750. The highest BCUT2D eigenvalue weighted by atomic mass is 32.2. The molecular weight excluding hydrogens is 504 g/mol. The molecular formula is C29H42N2O6S. The van der Waals surface area contributed by atoms with Crippen molar-refractivity contribution in [2.24, 2.45) is 11.3 Å². The van der Waals surface area contributed by atoms with Crippen molar-refractivity contribution >= 4 is 21.6 Å². The van der Waals surface area contributed by atoms with Crippen molar-refractivity contribution in [3.63, 3.8) is 0 Å². The molecule has 1 aliphatic carbocycles. The van der Waals surface area contributed by atoms with Crippen LogP contribution in [0.3, 0.4) is 0 Å². The molecule has 0 unspecified atom stereocenters. The van der Waals surface area contributed by atoms with Gasteiger partial charge in [0, 0.05) is 20.1 Å². The van der Waals surface area contributed by atoms with E-state index < -0.39 is 27.6 Å². The van der Waals surface area contributed by atoms with E-state index in [1.165, 1.54) is 23.5 Å². The molecule has 0 bridgehead atoms. The van der Waals surface area contributed by atoms with Gasteiger partial charge in [-0.3, -0.25) is 9.10 Å². The Bertz CT molecular complexity index is 1160. The van der Waals surface area contributed by atoms with Crippen LogP contribution >= 0.6 is 0 Å². The molecule has 38 heavy (non-hydrogen) atoms. The second-order valence-corrected chi connectivity index (χ2v) is 12.6. The summed E-state index contributed by atoms with van der Waals surface area (Å²) in [4.78, 5) is 13.3. The van der Waals surface area contributed by atoms with E-state index in [9.17, 15) is 18.3 Å². The molecule has 0 aromatic heterocycles. The van der Waals surface area contributed by atoms with Crippen molar-refractivity contribution in [1.82, 2.24) is 5.32 Å². The zero-order valence-electron chi connectivity index (χ0n) is 23.1. The first-order valence-electron chi connectivity index (χ1n) is 13.3. The maximum atomic E-state index is 13.8. The van der Waals surface area contributed by atoms with E-state index in [-0.39, 0.29) is 29.7 Å². The Morgan fingerprint density at radius 3 is 2.26 bits per heavy atom. The van der Waals surface area contributed by atoms with Gasteiger partial charge < -0.3 is 19.9 Å². The highest BCUT2D eigenvalue weighted by Gasteiger charge is 2.42. The number of carbonyl (C=O) groups is 1. The number of carbonyl (C=O) groups excluding carboxylic acids is 1. The van der Waals surface area contributed by atoms with Crippen LogP contribution in [0.1, 0.15) is 52.0 Å². The average molecular weight is 547 g/mol. The third kappa shape index (κ3) is 6.87. The van der Waals surface area contributed by atoms with E-state index in [2.05, 4.69) is 5.32 Å². The lowest BCUT2D eigenvalue weighted by Gasteiger charge is -2.31. The van der Waals surface area contributed by atoms with Gasteiger partial charge in [-0.1, -0.05) is 44.9 Å². The molecule has 0 heterocycles. The van der Waals surface area contributed by atoms with Crippen LogP contribution in [0.2, 0.25) is 0 Å². The molecule has 1 aliphatic rings. The van der Waals surface area contributed by atoms with Crippen LogP contribution < -0.4 is 14.4 Å². The third-order valence-corrected chi connectivity index (χ3v) is 9.06. The van der Waals surface area contributed by atoms with Gasteiger partial charge in [-0.25, -0.2) is 8.42 Å². The van der Waals surface area contributed by atoms with Crippen molar-refractivity contribution in [3.05, 3.63) is 54.1 Å². The molecule has 1 fully saturated rings. The standard InChI is InChI=1S/C29H42N2O6S/c1-21(2)19-31(38(34,35)25-14-12-24(37-5)13-15-25)26-11-7-6-10-23(26)18-27(32)22(3)30-28(33)29(20-36-4)16-8-9-17-29/h6-7,10-15,21-22,27,32H,8-9,16-20H2,1-5H3,(H,30,33)/t22-,27+/m0/s1. The molecule has 2 N–H and O–H groups in total. The number of ether oxygens (including phenoxy) is 2. The van der Waals surface area contributed by atoms with Gasteiger partial charge >= 0.3 is 0 Å². The SMILES string of the molecule is COCC1(C(=O)N[C@@H](C)[C@H](O)Cc2ccccc2N(CC(C)C)S(=O)(=O)c2ccc(OC)cc2)CCCC1. The largest absolute Gasteiger partial charge is 0.497 e. The lowest BCUT2D eigenvalue weighted by molar-refractivity contribution is -0.135. The number of rotatable bonds is 13. The van der Waals surface area contributed by atoms with E-state index >= 15 is 0 Å². The predicted molar refractivity (Wildman–Crippen MR) is 149 cm³/mol. The number of methoxy groups -OCH3 is 2. The zero-order chi connectivity index (χ0) is 27.9. The quantitative estimate of drug-likeness (QED) is 0.391. The number of hydrogen-bond donors (Lipinski definition) is 2. The Balaban J connectivity index is 1.85. The molecule has 0 aliphatic heterocycles. The topological polar surface area (TPSA) is 105 Å². The molecule has 3 rings (SSSR count). The van der Waals surface area contributed by atoms with Gasteiger partial charge in [0.15, 0.2) is 0 Å². The number of nitrogens with zero attached hydrogens (tertiary/aromatic N) is 1. The first-order chi connectivity index (χ1) is 18.0. The molecule has 2 aromatic rings. The van der Waals surface area contributed by atoms with E-state index in [0.29, 0.717) is 23.6 Å². The number of aliphatic hydroxyl groups is 1. The Morgan fingerprint density at radius 1 is 1.05 bits per heavy atom. The fourth-order valence-electron chi connectivity index (χ4n) is 5.08. The Morgan fingerprint density at radius 2 is 1.68 bits per heavy atom. The fourth-order valence-corrected chi connectivity index (χ4v) is 6.75. The summed E-state index contributed by atoms with van der Waals surface area (Å²) < 4.78 is 39.5. The predicted octanol–water partition coefficient (Wildman–Crippen LogP) is 4.16. The van der Waals surface area contributed by atoms with Crippen LogP contribution in [0.15, 0.2) is 53.4 Å². The summed E-state index contributed by atoms with van der Waals surface area (Å²) in [5, 5.41) is 14.1. The second-order valence-electron chi connectivity index (χ2n) is 10.7. The van der Waals surface area contributed by atoms with Gasteiger partial charge in [0.2, 0.25) is 5.91 Å². The van der Waals surface area contributed by atoms with Gasteiger partial charge in [-0.2, -0.15) is 0 Å². The Labute approximate surface area is 227 Å². The first kappa shape index (κ1) is 29.9. The van der Waals surface area contributed by atoms with Crippen LogP contribution in [0.25, 0.3) is 0 Å². The highest BCUT2D eigenvalue weighted by Crippen LogP contribution is 2.39. The van der Waals surface area contributed by atoms with E-state index in [1.807, 2.05) is 26.0 Å². The summed E-state index contributed by atoms with van der Waals surface area (Å²) >= 11 is 0. The minimum Gasteiger partial charge on any atom is -0.497 e. The van der Waals surface area contributed by atoms with Crippen LogP contribution in [-0.2, 0) is 26.0 Å². The minimum absolute atomic E-state index is 0.0580.